The number of benzene rings is 1. The molecule has 17 heavy (non-hydrogen) atoms. The number of aromatic nitrogens is 1. The molecule has 0 unspecified atom stereocenters. The van der Waals surface area contributed by atoms with E-state index in [1.807, 2.05) is 43.4 Å². The van der Waals surface area contributed by atoms with E-state index in [1.54, 1.807) is 0 Å². The second kappa shape index (κ2) is 5.61. The molecular weight excluding hydrogens is 214 g/mol. The summed E-state index contributed by atoms with van der Waals surface area (Å²) in [5, 5.41) is 4.07. The van der Waals surface area contributed by atoms with Gasteiger partial charge >= 0.3 is 0 Å². The van der Waals surface area contributed by atoms with Crippen LogP contribution in [0.5, 0.6) is 0 Å². The zero-order valence-corrected chi connectivity index (χ0v) is 9.97. The summed E-state index contributed by atoms with van der Waals surface area (Å²) >= 11 is 0. The number of nitrogens with two attached hydrogens (primary N) is 1. The molecule has 1 aromatic carbocycles. The first-order chi connectivity index (χ1) is 8.29. The van der Waals surface area contributed by atoms with E-state index in [1.165, 1.54) is 0 Å². The van der Waals surface area contributed by atoms with Crippen molar-refractivity contribution in [3.63, 3.8) is 0 Å². The fourth-order valence-corrected chi connectivity index (χ4v) is 1.70. The van der Waals surface area contributed by atoms with Crippen LogP contribution in [0.2, 0.25) is 0 Å². The molecule has 1 heterocycles. The molecule has 0 aliphatic carbocycles. The molecule has 0 bridgehead atoms. The van der Waals surface area contributed by atoms with Crippen molar-refractivity contribution >= 4 is 0 Å². The molecule has 0 saturated carbocycles. The Labute approximate surface area is 101 Å². The second-order valence-electron chi connectivity index (χ2n) is 4.07. The molecule has 0 atom stereocenters. The van der Waals surface area contributed by atoms with Crippen LogP contribution in [0.1, 0.15) is 5.76 Å². The summed E-state index contributed by atoms with van der Waals surface area (Å²) in [7, 11) is 2.01. The molecule has 4 nitrogen and oxygen atoms in total. The van der Waals surface area contributed by atoms with Crippen molar-refractivity contribution in [2.45, 2.75) is 6.54 Å². The van der Waals surface area contributed by atoms with E-state index in [2.05, 4.69) is 10.1 Å². The van der Waals surface area contributed by atoms with Crippen LogP contribution in [0.3, 0.4) is 0 Å². The van der Waals surface area contributed by atoms with E-state index in [-0.39, 0.29) is 0 Å². The van der Waals surface area contributed by atoms with Crippen LogP contribution in [-0.4, -0.2) is 30.2 Å². The average Bonchev–Trinajstić information content (AvgIpc) is 2.79. The van der Waals surface area contributed by atoms with Gasteiger partial charge in [-0.1, -0.05) is 35.5 Å². The average molecular weight is 231 g/mol. The summed E-state index contributed by atoms with van der Waals surface area (Å²) in [6.07, 6.45) is 0. The van der Waals surface area contributed by atoms with E-state index in [4.69, 9.17) is 10.3 Å². The number of nitrogens with zero attached hydrogens (tertiary/aromatic N) is 2. The smallest absolute Gasteiger partial charge is 0.151 e. The predicted molar refractivity (Wildman–Crippen MR) is 67.3 cm³/mol. The summed E-state index contributed by atoms with van der Waals surface area (Å²) in [5.74, 6) is 0.861. The van der Waals surface area contributed by atoms with Gasteiger partial charge in [0.2, 0.25) is 0 Å². The molecule has 0 fully saturated rings. The van der Waals surface area contributed by atoms with Crippen LogP contribution < -0.4 is 5.73 Å². The van der Waals surface area contributed by atoms with Gasteiger partial charge in [0.1, 0.15) is 5.69 Å². The zero-order chi connectivity index (χ0) is 12.1. The van der Waals surface area contributed by atoms with Crippen molar-refractivity contribution in [1.29, 1.82) is 0 Å². The van der Waals surface area contributed by atoms with Gasteiger partial charge in [0.05, 0.1) is 6.54 Å². The molecule has 0 saturated heterocycles. The lowest BCUT2D eigenvalue weighted by Gasteiger charge is -2.11. The highest BCUT2D eigenvalue weighted by Gasteiger charge is 2.07. The molecule has 2 rings (SSSR count). The van der Waals surface area contributed by atoms with Gasteiger partial charge < -0.3 is 10.3 Å². The highest BCUT2D eigenvalue weighted by molar-refractivity contribution is 5.58. The van der Waals surface area contributed by atoms with Crippen molar-refractivity contribution < 1.29 is 4.52 Å². The van der Waals surface area contributed by atoms with Crippen molar-refractivity contribution in [2.24, 2.45) is 5.73 Å². The van der Waals surface area contributed by atoms with Crippen LogP contribution in [0.15, 0.2) is 40.9 Å². The van der Waals surface area contributed by atoms with Crippen molar-refractivity contribution in [2.75, 3.05) is 20.1 Å². The van der Waals surface area contributed by atoms with E-state index in [0.717, 1.165) is 30.1 Å². The van der Waals surface area contributed by atoms with Gasteiger partial charge in [-0.3, -0.25) is 4.90 Å². The molecule has 0 radical (unpaired) electrons. The number of likely N-dealkylation sites (N-methyl/N-ethyl adjacent to an activating group) is 1. The maximum absolute atomic E-state index is 5.49. The van der Waals surface area contributed by atoms with Gasteiger partial charge in [0.15, 0.2) is 5.76 Å². The molecule has 0 spiro atoms. The maximum Gasteiger partial charge on any atom is 0.151 e. The Morgan fingerprint density at radius 3 is 2.76 bits per heavy atom. The lowest BCUT2D eigenvalue weighted by atomic mass is 10.1. The summed E-state index contributed by atoms with van der Waals surface area (Å²) in [5.41, 5.74) is 7.44. The van der Waals surface area contributed by atoms with Crippen LogP contribution in [-0.2, 0) is 6.54 Å². The zero-order valence-electron chi connectivity index (χ0n) is 9.97. The SMILES string of the molecule is CN(CCN)Cc1cc(-c2ccccc2)no1. The molecule has 0 aliphatic rings. The first-order valence-corrected chi connectivity index (χ1v) is 5.69. The Hall–Kier alpha value is -1.65. The maximum atomic E-state index is 5.49. The van der Waals surface area contributed by atoms with E-state index >= 15 is 0 Å². The van der Waals surface area contributed by atoms with Crippen LogP contribution in [0.4, 0.5) is 0 Å². The van der Waals surface area contributed by atoms with E-state index < -0.39 is 0 Å². The Morgan fingerprint density at radius 1 is 1.29 bits per heavy atom. The van der Waals surface area contributed by atoms with Gasteiger partial charge in [0.25, 0.3) is 0 Å². The summed E-state index contributed by atoms with van der Waals surface area (Å²) in [6, 6.07) is 12.0. The second-order valence-corrected chi connectivity index (χ2v) is 4.07. The Morgan fingerprint density at radius 2 is 2.06 bits per heavy atom. The van der Waals surface area contributed by atoms with Gasteiger partial charge in [-0.25, -0.2) is 0 Å². The van der Waals surface area contributed by atoms with Crippen molar-refractivity contribution in [3.05, 3.63) is 42.2 Å². The van der Waals surface area contributed by atoms with E-state index in [0.29, 0.717) is 6.54 Å². The van der Waals surface area contributed by atoms with E-state index in [9.17, 15) is 0 Å². The van der Waals surface area contributed by atoms with Crippen molar-refractivity contribution in [1.82, 2.24) is 10.1 Å². The molecule has 1 aromatic heterocycles. The standard InChI is InChI=1S/C13H17N3O/c1-16(8-7-14)10-12-9-13(15-17-12)11-5-3-2-4-6-11/h2-6,9H,7-8,10,14H2,1H3. The summed E-state index contributed by atoms with van der Waals surface area (Å²) in [4.78, 5) is 2.11. The van der Waals surface area contributed by atoms with Gasteiger partial charge in [0, 0.05) is 24.7 Å². The highest BCUT2D eigenvalue weighted by atomic mass is 16.5. The lowest BCUT2D eigenvalue weighted by Crippen LogP contribution is -2.24. The largest absolute Gasteiger partial charge is 0.359 e. The first-order valence-electron chi connectivity index (χ1n) is 5.69. The molecule has 2 N–H and O–H groups in total. The molecule has 0 aliphatic heterocycles. The topological polar surface area (TPSA) is 55.3 Å². The monoisotopic (exact) mass is 231 g/mol. The Balaban J connectivity index is 2.06. The third kappa shape index (κ3) is 3.15. The third-order valence-corrected chi connectivity index (χ3v) is 2.57. The number of rotatable bonds is 5. The van der Waals surface area contributed by atoms with Gasteiger partial charge in [-0.05, 0) is 7.05 Å². The van der Waals surface area contributed by atoms with Gasteiger partial charge in [-0.2, -0.15) is 0 Å². The predicted octanol–water partition coefficient (Wildman–Crippen LogP) is 1.73. The van der Waals surface area contributed by atoms with Crippen LogP contribution >= 0.6 is 0 Å². The summed E-state index contributed by atoms with van der Waals surface area (Å²) in [6.45, 7) is 2.23. The third-order valence-electron chi connectivity index (χ3n) is 2.57. The van der Waals surface area contributed by atoms with Crippen LogP contribution in [0, 0.1) is 0 Å². The Bertz CT molecular complexity index is 453. The minimum Gasteiger partial charge on any atom is -0.359 e. The normalized spacial score (nSPS) is 11.0. The molecule has 90 valence electrons. The lowest BCUT2D eigenvalue weighted by molar-refractivity contribution is 0.278. The minimum atomic E-state index is 0.649. The van der Waals surface area contributed by atoms with Gasteiger partial charge in [-0.15, -0.1) is 0 Å². The molecule has 2 aromatic rings. The first kappa shape index (κ1) is 11.8. The molecule has 4 heteroatoms. The highest BCUT2D eigenvalue weighted by Crippen LogP contribution is 2.18. The minimum absolute atomic E-state index is 0.649. The Kier molecular flexibility index (Phi) is 3.90. The fourth-order valence-electron chi connectivity index (χ4n) is 1.70. The van der Waals surface area contributed by atoms with Crippen LogP contribution in [0.25, 0.3) is 11.3 Å². The quantitative estimate of drug-likeness (QED) is 0.851. The number of hydrogen-bond donors (Lipinski definition) is 1. The number of hydrogen-bond acceptors (Lipinski definition) is 4. The summed E-state index contributed by atoms with van der Waals surface area (Å²) < 4.78 is 5.30. The molecular formula is C13H17N3O. The molecule has 0 amide bonds. The fraction of sp³-hybridized carbons (Fsp3) is 0.308. The van der Waals surface area contributed by atoms with Crippen molar-refractivity contribution in [3.8, 4) is 11.3 Å².